The Morgan fingerprint density at radius 2 is 2.11 bits per heavy atom. The lowest BCUT2D eigenvalue weighted by molar-refractivity contribution is -0.384. The highest BCUT2D eigenvalue weighted by Crippen LogP contribution is 2.30. The first-order chi connectivity index (χ1) is 8.38. The third-order valence-corrected chi connectivity index (χ3v) is 2.71. The average Bonchev–Trinajstić information content (AvgIpc) is 2.28. The van der Waals surface area contributed by atoms with Crippen LogP contribution in [0.1, 0.15) is 18.1 Å². The van der Waals surface area contributed by atoms with Crippen molar-refractivity contribution in [1.29, 1.82) is 0 Å². The largest absolute Gasteiger partial charge is 0.393 e. The highest BCUT2D eigenvalue weighted by Gasteiger charge is 2.25. The molecule has 0 aliphatic heterocycles. The summed E-state index contributed by atoms with van der Waals surface area (Å²) in [5.74, 6) is -0.611. The average molecular weight is 276 g/mol. The Morgan fingerprint density at radius 3 is 2.61 bits per heavy atom. The fraction of sp³-hybridized carbons (Fsp3) is 0.400. The molecule has 0 fully saturated rings. The van der Waals surface area contributed by atoms with Gasteiger partial charge in [0.15, 0.2) is 0 Å². The molecule has 4 N–H and O–H groups in total. The number of benzene rings is 1. The van der Waals surface area contributed by atoms with Gasteiger partial charge >= 0.3 is 0 Å². The van der Waals surface area contributed by atoms with Crippen LogP contribution in [0.2, 0.25) is 0 Å². The summed E-state index contributed by atoms with van der Waals surface area (Å²) < 4.78 is 13.6. The molecule has 6 nitrogen and oxygen atoms in total. The van der Waals surface area contributed by atoms with Gasteiger partial charge in [-0.15, -0.1) is 0 Å². The summed E-state index contributed by atoms with van der Waals surface area (Å²) in [7, 11) is 0. The maximum atomic E-state index is 13.6. The second kappa shape index (κ2) is 5.98. The number of hydrogen-bond donors (Lipinski definition) is 4. The van der Waals surface area contributed by atoms with Gasteiger partial charge in [0.05, 0.1) is 11.0 Å². The summed E-state index contributed by atoms with van der Waals surface area (Å²) in [5.41, 5.74) is 4.09. The van der Waals surface area contributed by atoms with Gasteiger partial charge in [0.2, 0.25) is 0 Å². The van der Waals surface area contributed by atoms with E-state index in [-0.39, 0.29) is 23.4 Å². The summed E-state index contributed by atoms with van der Waals surface area (Å²) in [5, 5.41) is 29.9. The Kier molecular flexibility index (Phi) is 4.88. The number of halogens is 1. The number of nitro benzene ring substituents is 1. The number of anilines is 1. The molecule has 18 heavy (non-hydrogen) atoms. The summed E-state index contributed by atoms with van der Waals surface area (Å²) >= 11 is 3.87. The molecule has 1 rings (SSSR count). The molecule has 0 spiro atoms. The summed E-state index contributed by atoms with van der Waals surface area (Å²) in [6, 6.07) is 1.58. The number of thiol groups is 1. The van der Waals surface area contributed by atoms with Crippen molar-refractivity contribution in [3.05, 3.63) is 33.6 Å². The molecule has 0 saturated carbocycles. The number of aliphatic hydroxyl groups is 2. The molecule has 8 heteroatoms. The molecule has 1 aromatic carbocycles. The van der Waals surface area contributed by atoms with Gasteiger partial charge < -0.3 is 15.9 Å². The lowest BCUT2D eigenvalue weighted by atomic mass is 10.0. The number of aliphatic hydroxyl groups excluding tert-OH is 2. The number of rotatable bonds is 5. The highest BCUT2D eigenvalue weighted by atomic mass is 32.1. The monoisotopic (exact) mass is 276 g/mol. The lowest BCUT2D eigenvalue weighted by Gasteiger charge is -2.18. The van der Waals surface area contributed by atoms with Gasteiger partial charge in [-0.2, -0.15) is 12.6 Å². The standard InChI is InChI=1S/C10H13FN2O4S/c11-6-4-7(12)8(13(16)17)3-5(6)10(15)9(14)1-2-18/h3-4,9-10,14-15,18H,1-2,12H2. The van der Waals surface area contributed by atoms with Gasteiger partial charge in [-0.1, -0.05) is 0 Å². The van der Waals surface area contributed by atoms with E-state index in [4.69, 9.17) is 5.73 Å². The summed E-state index contributed by atoms with van der Waals surface area (Å²) in [6.45, 7) is 0. The Balaban J connectivity index is 3.15. The molecule has 2 atom stereocenters. The van der Waals surface area contributed by atoms with Crippen molar-refractivity contribution in [3.8, 4) is 0 Å². The second-order valence-corrected chi connectivity index (χ2v) is 4.16. The van der Waals surface area contributed by atoms with Crippen LogP contribution in [-0.4, -0.2) is 27.0 Å². The number of nitrogens with two attached hydrogens (primary N) is 1. The third-order valence-electron chi connectivity index (χ3n) is 2.45. The van der Waals surface area contributed by atoms with Crippen LogP contribution in [0.4, 0.5) is 15.8 Å². The van der Waals surface area contributed by atoms with Gasteiger partial charge in [0, 0.05) is 17.7 Å². The number of nitro groups is 1. The van der Waals surface area contributed by atoms with Crippen LogP contribution in [0.15, 0.2) is 12.1 Å². The first-order valence-corrected chi connectivity index (χ1v) is 5.72. The fourth-order valence-corrected chi connectivity index (χ4v) is 1.74. The molecule has 0 aliphatic carbocycles. The smallest absolute Gasteiger partial charge is 0.292 e. The minimum absolute atomic E-state index is 0.127. The molecule has 100 valence electrons. The van der Waals surface area contributed by atoms with E-state index in [9.17, 15) is 24.7 Å². The topological polar surface area (TPSA) is 110 Å². The van der Waals surface area contributed by atoms with Crippen LogP contribution in [-0.2, 0) is 0 Å². The number of nitrogen functional groups attached to an aromatic ring is 1. The van der Waals surface area contributed by atoms with Crippen LogP contribution >= 0.6 is 12.6 Å². The summed E-state index contributed by atoms with van der Waals surface area (Å²) in [4.78, 5) is 9.87. The SMILES string of the molecule is Nc1cc(F)c(C(O)C(O)CCS)cc1[N+](=O)[O-]. The van der Waals surface area contributed by atoms with E-state index in [1.807, 2.05) is 0 Å². The molecule has 0 saturated heterocycles. The maximum absolute atomic E-state index is 13.6. The van der Waals surface area contributed by atoms with Gasteiger partial charge in [-0.3, -0.25) is 10.1 Å². The minimum Gasteiger partial charge on any atom is -0.393 e. The maximum Gasteiger partial charge on any atom is 0.292 e. The lowest BCUT2D eigenvalue weighted by Crippen LogP contribution is -2.20. The molecule has 2 unspecified atom stereocenters. The molecular weight excluding hydrogens is 263 g/mol. The van der Waals surface area contributed by atoms with E-state index in [0.717, 1.165) is 12.1 Å². The van der Waals surface area contributed by atoms with Gasteiger partial charge in [-0.25, -0.2) is 4.39 Å². The summed E-state index contributed by atoms with van der Waals surface area (Å²) in [6.07, 6.45) is -2.68. The zero-order valence-corrected chi connectivity index (χ0v) is 10.2. The van der Waals surface area contributed by atoms with Crippen molar-refractivity contribution >= 4 is 24.0 Å². The third kappa shape index (κ3) is 3.09. The predicted octanol–water partition coefficient (Wildman–Crippen LogP) is 1.03. The Labute approximate surface area is 108 Å². The zero-order chi connectivity index (χ0) is 13.9. The molecular formula is C10H13FN2O4S. The molecule has 0 amide bonds. The van der Waals surface area contributed by atoms with Crippen molar-refractivity contribution in [2.75, 3.05) is 11.5 Å². The minimum atomic E-state index is -1.56. The zero-order valence-electron chi connectivity index (χ0n) is 9.28. The van der Waals surface area contributed by atoms with E-state index in [1.54, 1.807) is 0 Å². The van der Waals surface area contributed by atoms with Crippen molar-refractivity contribution in [2.24, 2.45) is 0 Å². The molecule has 1 aromatic rings. The van der Waals surface area contributed by atoms with Gasteiger partial charge in [0.25, 0.3) is 5.69 Å². The molecule has 0 aliphatic rings. The van der Waals surface area contributed by atoms with Crippen LogP contribution in [0.5, 0.6) is 0 Å². The number of nitrogens with zero attached hydrogens (tertiary/aromatic N) is 1. The molecule has 0 aromatic heterocycles. The van der Waals surface area contributed by atoms with Crippen molar-refractivity contribution in [3.63, 3.8) is 0 Å². The Hall–Kier alpha value is -1.38. The van der Waals surface area contributed by atoms with E-state index in [1.165, 1.54) is 0 Å². The molecule has 0 radical (unpaired) electrons. The van der Waals surface area contributed by atoms with E-state index < -0.39 is 28.6 Å². The van der Waals surface area contributed by atoms with E-state index in [0.29, 0.717) is 0 Å². The number of hydrogen-bond acceptors (Lipinski definition) is 6. The fourth-order valence-electron chi connectivity index (χ4n) is 1.48. The van der Waals surface area contributed by atoms with Gasteiger partial charge in [-0.05, 0) is 12.2 Å². The van der Waals surface area contributed by atoms with Crippen LogP contribution < -0.4 is 5.73 Å². The van der Waals surface area contributed by atoms with Gasteiger partial charge in [0.1, 0.15) is 17.6 Å². The highest BCUT2D eigenvalue weighted by molar-refractivity contribution is 7.80. The first kappa shape index (κ1) is 14.7. The van der Waals surface area contributed by atoms with Crippen LogP contribution in [0, 0.1) is 15.9 Å². The van der Waals surface area contributed by atoms with Crippen LogP contribution in [0.3, 0.4) is 0 Å². The van der Waals surface area contributed by atoms with E-state index in [2.05, 4.69) is 12.6 Å². The normalized spacial score (nSPS) is 14.2. The van der Waals surface area contributed by atoms with Crippen molar-refractivity contribution < 1.29 is 19.5 Å². The van der Waals surface area contributed by atoms with Crippen LogP contribution in [0.25, 0.3) is 0 Å². The Morgan fingerprint density at radius 1 is 1.50 bits per heavy atom. The molecule has 0 heterocycles. The second-order valence-electron chi connectivity index (χ2n) is 3.71. The predicted molar refractivity (Wildman–Crippen MR) is 66.9 cm³/mol. The Bertz CT molecular complexity index is 458. The molecule has 0 bridgehead atoms. The van der Waals surface area contributed by atoms with Crippen molar-refractivity contribution in [1.82, 2.24) is 0 Å². The first-order valence-electron chi connectivity index (χ1n) is 5.08. The van der Waals surface area contributed by atoms with E-state index >= 15 is 0 Å². The quantitative estimate of drug-likeness (QED) is 0.278. The van der Waals surface area contributed by atoms with Crippen molar-refractivity contribution in [2.45, 2.75) is 18.6 Å².